The SMILES string of the molecule is COc1ccc(NC(=O)CSc2nccnc2Oc2ccc(C)cc2)c(OC)c1. The van der Waals surface area contributed by atoms with Gasteiger partial charge in [-0.25, -0.2) is 9.97 Å². The largest absolute Gasteiger partial charge is 0.497 e. The van der Waals surface area contributed by atoms with Crippen molar-refractivity contribution in [1.29, 1.82) is 0 Å². The molecule has 150 valence electrons. The third-order valence-electron chi connectivity index (χ3n) is 3.89. The predicted molar refractivity (Wildman–Crippen MR) is 112 cm³/mol. The number of nitrogens with zero attached hydrogens (tertiary/aromatic N) is 2. The Morgan fingerprint density at radius 2 is 1.72 bits per heavy atom. The quantitative estimate of drug-likeness (QED) is 0.553. The van der Waals surface area contributed by atoms with Crippen molar-refractivity contribution in [3.05, 3.63) is 60.4 Å². The first-order chi connectivity index (χ1) is 14.1. The van der Waals surface area contributed by atoms with Gasteiger partial charge in [0.05, 0.1) is 25.7 Å². The standard InChI is InChI=1S/C21H21N3O4S/c1-14-4-6-15(7-5-14)28-20-21(23-11-10-22-20)29-13-19(25)24-17-9-8-16(26-2)12-18(17)27-3/h4-12H,13H2,1-3H3,(H,24,25). The Balaban J connectivity index is 1.64. The highest BCUT2D eigenvalue weighted by Crippen LogP contribution is 2.31. The van der Waals surface area contributed by atoms with E-state index < -0.39 is 0 Å². The van der Waals surface area contributed by atoms with Crippen LogP contribution < -0.4 is 19.5 Å². The fraction of sp³-hybridized carbons (Fsp3) is 0.190. The van der Waals surface area contributed by atoms with Crippen LogP contribution in [0.2, 0.25) is 0 Å². The minimum atomic E-state index is -0.203. The molecule has 3 aromatic rings. The lowest BCUT2D eigenvalue weighted by atomic mass is 10.2. The Kier molecular flexibility index (Phi) is 6.91. The number of aromatic nitrogens is 2. The molecule has 1 N–H and O–H groups in total. The van der Waals surface area contributed by atoms with Gasteiger partial charge in [-0.05, 0) is 31.2 Å². The van der Waals surface area contributed by atoms with Crippen LogP contribution in [-0.2, 0) is 4.79 Å². The average molecular weight is 411 g/mol. The van der Waals surface area contributed by atoms with Gasteiger partial charge in [-0.1, -0.05) is 29.5 Å². The molecule has 1 amide bonds. The van der Waals surface area contributed by atoms with Gasteiger partial charge in [0.1, 0.15) is 17.2 Å². The van der Waals surface area contributed by atoms with Crippen molar-refractivity contribution in [3.63, 3.8) is 0 Å². The molecule has 2 aromatic carbocycles. The van der Waals surface area contributed by atoms with Crippen molar-refractivity contribution in [3.8, 4) is 23.1 Å². The molecule has 7 nitrogen and oxygen atoms in total. The fourth-order valence-electron chi connectivity index (χ4n) is 2.42. The number of methoxy groups -OCH3 is 2. The van der Waals surface area contributed by atoms with Gasteiger partial charge in [0.25, 0.3) is 5.88 Å². The molecule has 0 unspecified atom stereocenters. The number of benzene rings is 2. The van der Waals surface area contributed by atoms with Gasteiger partial charge in [0.2, 0.25) is 5.91 Å². The second-order valence-electron chi connectivity index (χ2n) is 5.98. The molecule has 1 heterocycles. The van der Waals surface area contributed by atoms with Crippen LogP contribution in [0, 0.1) is 6.92 Å². The maximum absolute atomic E-state index is 12.4. The summed E-state index contributed by atoms with van der Waals surface area (Å²) >= 11 is 1.24. The van der Waals surface area contributed by atoms with E-state index in [0.29, 0.717) is 33.8 Å². The molecule has 0 bridgehead atoms. The first kappa shape index (κ1) is 20.5. The number of ether oxygens (including phenoxy) is 3. The lowest BCUT2D eigenvalue weighted by Crippen LogP contribution is -2.15. The van der Waals surface area contributed by atoms with Crippen molar-refractivity contribution in [2.24, 2.45) is 0 Å². The third-order valence-corrected chi connectivity index (χ3v) is 4.85. The van der Waals surface area contributed by atoms with Crippen LogP contribution in [0.25, 0.3) is 0 Å². The van der Waals surface area contributed by atoms with E-state index in [9.17, 15) is 4.79 Å². The van der Waals surface area contributed by atoms with E-state index in [1.807, 2.05) is 31.2 Å². The molecular formula is C21H21N3O4S. The average Bonchev–Trinajstić information content (AvgIpc) is 2.75. The third kappa shape index (κ3) is 5.61. The van der Waals surface area contributed by atoms with Crippen LogP contribution in [0.5, 0.6) is 23.1 Å². The zero-order valence-corrected chi connectivity index (χ0v) is 17.2. The Labute approximate surface area is 173 Å². The van der Waals surface area contributed by atoms with Crippen molar-refractivity contribution >= 4 is 23.4 Å². The molecule has 0 aliphatic rings. The molecule has 0 saturated carbocycles. The summed E-state index contributed by atoms with van der Waals surface area (Å²) in [6, 6.07) is 12.8. The van der Waals surface area contributed by atoms with Crippen molar-refractivity contribution in [2.75, 3.05) is 25.3 Å². The summed E-state index contributed by atoms with van der Waals surface area (Å²) in [4.78, 5) is 20.9. The molecule has 1 aromatic heterocycles. The first-order valence-corrected chi connectivity index (χ1v) is 9.78. The van der Waals surface area contributed by atoms with E-state index in [4.69, 9.17) is 14.2 Å². The Morgan fingerprint density at radius 1 is 1.00 bits per heavy atom. The number of nitrogens with one attached hydrogen (secondary N) is 1. The number of anilines is 1. The van der Waals surface area contributed by atoms with E-state index in [2.05, 4.69) is 15.3 Å². The minimum absolute atomic E-state index is 0.137. The summed E-state index contributed by atoms with van der Waals surface area (Å²) in [5.41, 5.74) is 1.70. The maximum Gasteiger partial charge on any atom is 0.252 e. The molecular weight excluding hydrogens is 390 g/mol. The summed E-state index contributed by atoms with van der Waals surface area (Å²) < 4.78 is 16.3. The van der Waals surface area contributed by atoms with Gasteiger partial charge in [-0.15, -0.1) is 0 Å². The molecule has 0 spiro atoms. The van der Waals surface area contributed by atoms with Crippen LogP contribution in [0.15, 0.2) is 59.9 Å². The van der Waals surface area contributed by atoms with Gasteiger partial charge in [-0.3, -0.25) is 4.79 Å². The van der Waals surface area contributed by atoms with Gasteiger partial charge in [-0.2, -0.15) is 0 Å². The first-order valence-electron chi connectivity index (χ1n) is 8.79. The smallest absolute Gasteiger partial charge is 0.252 e. The summed E-state index contributed by atoms with van der Waals surface area (Å²) in [6.45, 7) is 2.00. The summed E-state index contributed by atoms with van der Waals surface area (Å²) in [6.07, 6.45) is 3.12. The number of carbonyl (C=O) groups is 1. The highest BCUT2D eigenvalue weighted by molar-refractivity contribution is 8.00. The van der Waals surface area contributed by atoms with Gasteiger partial charge >= 0.3 is 0 Å². The van der Waals surface area contributed by atoms with Crippen LogP contribution in [0.1, 0.15) is 5.56 Å². The van der Waals surface area contributed by atoms with Gasteiger partial charge in [0.15, 0.2) is 5.03 Å². The van der Waals surface area contributed by atoms with E-state index in [0.717, 1.165) is 5.56 Å². The Hall–Kier alpha value is -3.26. The number of amides is 1. The van der Waals surface area contributed by atoms with Crippen LogP contribution >= 0.6 is 11.8 Å². The Bertz CT molecular complexity index is 980. The molecule has 0 aliphatic carbocycles. The number of thioether (sulfide) groups is 1. The fourth-order valence-corrected chi connectivity index (χ4v) is 3.11. The number of carbonyl (C=O) groups excluding carboxylic acids is 1. The minimum Gasteiger partial charge on any atom is -0.497 e. The Morgan fingerprint density at radius 3 is 2.45 bits per heavy atom. The van der Waals surface area contributed by atoms with Crippen LogP contribution in [0.3, 0.4) is 0 Å². The lowest BCUT2D eigenvalue weighted by Gasteiger charge is -2.12. The zero-order valence-electron chi connectivity index (χ0n) is 16.3. The topological polar surface area (TPSA) is 82.6 Å². The second-order valence-corrected chi connectivity index (χ2v) is 6.95. The van der Waals surface area contributed by atoms with E-state index in [-0.39, 0.29) is 11.7 Å². The molecule has 29 heavy (non-hydrogen) atoms. The predicted octanol–water partition coefficient (Wildman–Crippen LogP) is 4.33. The molecule has 3 rings (SSSR count). The maximum atomic E-state index is 12.4. The number of rotatable bonds is 8. The van der Waals surface area contributed by atoms with Crippen LogP contribution in [-0.4, -0.2) is 35.8 Å². The highest BCUT2D eigenvalue weighted by atomic mass is 32.2. The number of hydrogen-bond acceptors (Lipinski definition) is 7. The van der Waals surface area contributed by atoms with Gasteiger partial charge < -0.3 is 19.5 Å². The molecule has 0 atom stereocenters. The number of aryl methyl sites for hydroxylation is 1. The molecule has 0 aliphatic heterocycles. The summed E-state index contributed by atoms with van der Waals surface area (Å²) in [7, 11) is 3.11. The van der Waals surface area contributed by atoms with Crippen molar-refractivity contribution in [1.82, 2.24) is 9.97 Å². The van der Waals surface area contributed by atoms with Gasteiger partial charge in [0, 0.05) is 18.5 Å². The monoisotopic (exact) mass is 411 g/mol. The highest BCUT2D eigenvalue weighted by Gasteiger charge is 2.13. The second kappa shape index (κ2) is 9.79. The van der Waals surface area contributed by atoms with E-state index >= 15 is 0 Å². The zero-order chi connectivity index (χ0) is 20.6. The normalized spacial score (nSPS) is 10.3. The molecule has 0 saturated heterocycles. The molecule has 0 fully saturated rings. The van der Waals surface area contributed by atoms with Crippen LogP contribution in [0.4, 0.5) is 5.69 Å². The summed E-state index contributed by atoms with van der Waals surface area (Å²) in [5.74, 6) is 2.11. The van der Waals surface area contributed by atoms with Crippen molar-refractivity contribution < 1.29 is 19.0 Å². The van der Waals surface area contributed by atoms with E-state index in [1.54, 1.807) is 37.7 Å². The summed E-state index contributed by atoms with van der Waals surface area (Å²) in [5, 5.41) is 3.36. The molecule has 0 radical (unpaired) electrons. The van der Waals surface area contributed by atoms with Crippen molar-refractivity contribution in [2.45, 2.75) is 11.9 Å². The van der Waals surface area contributed by atoms with E-state index in [1.165, 1.54) is 18.9 Å². The molecule has 8 heteroatoms. The number of hydrogen-bond donors (Lipinski definition) is 1. The lowest BCUT2D eigenvalue weighted by molar-refractivity contribution is -0.113.